The van der Waals surface area contributed by atoms with Gasteiger partial charge in [0.2, 0.25) is 11.0 Å². The van der Waals surface area contributed by atoms with Crippen molar-refractivity contribution >= 4 is 57.3 Å². The maximum atomic E-state index is 11.8. The lowest BCUT2D eigenvalue weighted by molar-refractivity contribution is -0.113. The molecule has 8 heteroatoms. The van der Waals surface area contributed by atoms with Crippen LogP contribution in [0.25, 0.3) is 0 Å². The molecule has 1 aromatic carbocycles. The molecular formula is C12H11Cl2N3OS2. The van der Waals surface area contributed by atoms with Crippen LogP contribution in [0.5, 0.6) is 0 Å². The van der Waals surface area contributed by atoms with E-state index in [0.29, 0.717) is 20.1 Å². The van der Waals surface area contributed by atoms with E-state index in [1.54, 1.807) is 18.2 Å². The van der Waals surface area contributed by atoms with Crippen molar-refractivity contribution < 1.29 is 4.79 Å². The molecule has 0 radical (unpaired) electrons. The van der Waals surface area contributed by atoms with Gasteiger partial charge in [0.05, 0.1) is 15.8 Å². The van der Waals surface area contributed by atoms with E-state index in [1.165, 1.54) is 23.1 Å². The van der Waals surface area contributed by atoms with Gasteiger partial charge in [-0.2, -0.15) is 0 Å². The fraction of sp³-hybridized carbons (Fsp3) is 0.250. The lowest BCUT2D eigenvalue weighted by Crippen LogP contribution is -2.13. The van der Waals surface area contributed by atoms with Crippen molar-refractivity contribution in [2.75, 3.05) is 11.1 Å². The number of carbonyl (C=O) groups is 1. The van der Waals surface area contributed by atoms with Crippen LogP contribution in [0, 0.1) is 0 Å². The number of anilines is 1. The molecule has 0 aliphatic rings. The number of aromatic nitrogens is 2. The van der Waals surface area contributed by atoms with Gasteiger partial charge in [-0.1, -0.05) is 47.5 Å². The lowest BCUT2D eigenvalue weighted by atomic mass is 10.4. The van der Waals surface area contributed by atoms with Gasteiger partial charge in [0, 0.05) is 4.90 Å². The van der Waals surface area contributed by atoms with Crippen molar-refractivity contribution in [3.63, 3.8) is 0 Å². The minimum absolute atomic E-state index is 0.162. The number of hydrogen-bond donors (Lipinski definition) is 1. The Bertz CT molecular complexity index is 598. The predicted octanol–water partition coefficient (Wildman–Crippen LogP) is 4.14. The summed E-state index contributed by atoms with van der Waals surface area (Å²) in [4.78, 5) is 12.5. The second-order valence-electron chi connectivity index (χ2n) is 3.74. The van der Waals surface area contributed by atoms with Crippen molar-refractivity contribution in [1.82, 2.24) is 10.2 Å². The number of nitrogens with zero attached hydrogens (tertiary/aromatic N) is 2. The van der Waals surface area contributed by atoms with E-state index in [1.807, 2.05) is 6.92 Å². The van der Waals surface area contributed by atoms with Gasteiger partial charge in [-0.25, -0.2) is 0 Å². The molecule has 1 aromatic heterocycles. The van der Waals surface area contributed by atoms with Crippen molar-refractivity contribution in [3.05, 3.63) is 33.3 Å². The molecule has 0 saturated heterocycles. The van der Waals surface area contributed by atoms with E-state index < -0.39 is 0 Å². The van der Waals surface area contributed by atoms with Gasteiger partial charge >= 0.3 is 0 Å². The molecule has 2 aromatic rings. The van der Waals surface area contributed by atoms with Crippen LogP contribution in [0.1, 0.15) is 11.9 Å². The van der Waals surface area contributed by atoms with Gasteiger partial charge < -0.3 is 0 Å². The topological polar surface area (TPSA) is 54.9 Å². The number of rotatable bonds is 5. The predicted molar refractivity (Wildman–Crippen MR) is 85.1 cm³/mol. The summed E-state index contributed by atoms with van der Waals surface area (Å²) in [5, 5.41) is 13.0. The first-order valence-corrected chi connectivity index (χ1v) is 8.35. The molecule has 106 valence electrons. The smallest absolute Gasteiger partial charge is 0.236 e. The quantitative estimate of drug-likeness (QED) is 0.825. The molecular weight excluding hydrogens is 337 g/mol. The van der Waals surface area contributed by atoms with Gasteiger partial charge in [0.15, 0.2) is 0 Å². The van der Waals surface area contributed by atoms with Gasteiger partial charge in [-0.15, -0.1) is 22.0 Å². The summed E-state index contributed by atoms with van der Waals surface area (Å²) in [7, 11) is 0. The van der Waals surface area contributed by atoms with Crippen LogP contribution in [0.3, 0.4) is 0 Å². The van der Waals surface area contributed by atoms with Gasteiger partial charge in [-0.3, -0.25) is 10.1 Å². The molecule has 0 aliphatic carbocycles. The molecule has 0 saturated carbocycles. The van der Waals surface area contributed by atoms with E-state index in [0.717, 1.165) is 11.4 Å². The minimum Gasteiger partial charge on any atom is -0.300 e. The molecule has 0 atom stereocenters. The fourth-order valence-corrected chi connectivity index (χ4v) is 3.54. The number of halogens is 2. The highest BCUT2D eigenvalue weighted by atomic mass is 35.5. The summed E-state index contributed by atoms with van der Waals surface area (Å²) < 4.78 is 0. The first-order chi connectivity index (χ1) is 9.60. The van der Waals surface area contributed by atoms with E-state index in [4.69, 9.17) is 23.2 Å². The second-order valence-corrected chi connectivity index (χ2v) is 6.60. The van der Waals surface area contributed by atoms with E-state index in [9.17, 15) is 4.79 Å². The first-order valence-electron chi connectivity index (χ1n) is 5.79. The molecule has 20 heavy (non-hydrogen) atoms. The molecule has 4 nitrogen and oxygen atoms in total. The van der Waals surface area contributed by atoms with Crippen molar-refractivity contribution in [2.45, 2.75) is 18.2 Å². The molecule has 1 N–H and O–H groups in total. The number of thioether (sulfide) groups is 1. The maximum absolute atomic E-state index is 11.8. The Labute approximate surface area is 134 Å². The van der Waals surface area contributed by atoms with Gasteiger partial charge in [0.25, 0.3) is 0 Å². The summed E-state index contributed by atoms with van der Waals surface area (Å²) >= 11 is 14.7. The van der Waals surface area contributed by atoms with Gasteiger partial charge in [0.1, 0.15) is 5.01 Å². The minimum atomic E-state index is -0.162. The number of hydrogen-bond acceptors (Lipinski definition) is 5. The van der Waals surface area contributed by atoms with Crippen LogP contribution in [0.15, 0.2) is 23.1 Å². The van der Waals surface area contributed by atoms with Crippen LogP contribution < -0.4 is 5.32 Å². The molecule has 1 heterocycles. The summed E-state index contributed by atoms with van der Waals surface area (Å²) in [5.74, 6) is 0.0506. The van der Waals surface area contributed by atoms with Crippen molar-refractivity contribution in [1.29, 1.82) is 0 Å². The van der Waals surface area contributed by atoms with Crippen LogP contribution in [-0.4, -0.2) is 21.9 Å². The second kappa shape index (κ2) is 7.26. The Balaban J connectivity index is 1.92. The number of aryl methyl sites for hydroxylation is 1. The molecule has 0 aliphatic heterocycles. The maximum Gasteiger partial charge on any atom is 0.236 e. The van der Waals surface area contributed by atoms with E-state index in [2.05, 4.69) is 15.5 Å². The zero-order chi connectivity index (χ0) is 14.5. The monoisotopic (exact) mass is 347 g/mol. The summed E-state index contributed by atoms with van der Waals surface area (Å²) in [6, 6.07) is 5.25. The van der Waals surface area contributed by atoms with E-state index in [-0.39, 0.29) is 11.7 Å². The van der Waals surface area contributed by atoms with Crippen molar-refractivity contribution in [2.24, 2.45) is 0 Å². The molecule has 0 bridgehead atoms. The Morgan fingerprint density at radius 2 is 2.05 bits per heavy atom. The van der Waals surface area contributed by atoms with Crippen molar-refractivity contribution in [3.8, 4) is 0 Å². The molecule has 0 unspecified atom stereocenters. The number of benzene rings is 1. The average molecular weight is 348 g/mol. The summed E-state index contributed by atoms with van der Waals surface area (Å²) in [5.41, 5.74) is 0. The Hall–Kier alpha value is -0.820. The average Bonchev–Trinajstić information content (AvgIpc) is 2.86. The third kappa shape index (κ3) is 4.09. The fourth-order valence-electron chi connectivity index (χ4n) is 1.36. The normalized spacial score (nSPS) is 10.6. The zero-order valence-electron chi connectivity index (χ0n) is 10.5. The highest BCUT2D eigenvalue weighted by Crippen LogP contribution is 2.33. The summed E-state index contributed by atoms with van der Waals surface area (Å²) in [6.45, 7) is 1.99. The van der Waals surface area contributed by atoms with E-state index >= 15 is 0 Å². The Kier molecular flexibility index (Phi) is 5.65. The summed E-state index contributed by atoms with van der Waals surface area (Å²) in [6.07, 6.45) is 0.803. The Morgan fingerprint density at radius 3 is 2.65 bits per heavy atom. The largest absolute Gasteiger partial charge is 0.300 e. The third-order valence-corrected chi connectivity index (χ3v) is 5.25. The highest BCUT2D eigenvalue weighted by molar-refractivity contribution is 8.00. The standard InChI is InChI=1S/C12H11Cl2N3OS2/c1-2-10-16-17-12(20-10)15-9(18)6-19-11-7(13)4-3-5-8(11)14/h3-5H,2,6H2,1H3,(H,15,17,18). The lowest BCUT2D eigenvalue weighted by Gasteiger charge is -2.05. The van der Waals surface area contributed by atoms with Crippen LogP contribution in [-0.2, 0) is 11.2 Å². The number of nitrogens with one attached hydrogen (secondary N) is 1. The van der Waals surface area contributed by atoms with Gasteiger partial charge in [-0.05, 0) is 18.6 Å². The Morgan fingerprint density at radius 1 is 1.35 bits per heavy atom. The molecule has 0 spiro atoms. The highest BCUT2D eigenvalue weighted by Gasteiger charge is 2.11. The molecule has 1 amide bonds. The van der Waals surface area contributed by atoms with Crippen LogP contribution >= 0.6 is 46.3 Å². The number of carbonyl (C=O) groups excluding carboxylic acids is 1. The zero-order valence-corrected chi connectivity index (χ0v) is 13.7. The third-order valence-electron chi connectivity index (χ3n) is 2.28. The van der Waals surface area contributed by atoms with Crippen LogP contribution in [0.2, 0.25) is 10.0 Å². The molecule has 2 rings (SSSR count). The first kappa shape index (κ1) is 15.6. The number of amides is 1. The molecule has 0 fully saturated rings. The van der Waals surface area contributed by atoms with Crippen LogP contribution in [0.4, 0.5) is 5.13 Å². The SMILES string of the molecule is CCc1nnc(NC(=O)CSc2c(Cl)cccc2Cl)s1.